The first-order chi connectivity index (χ1) is 15.9. The van der Waals surface area contributed by atoms with Crippen molar-refractivity contribution in [2.75, 3.05) is 0 Å². The van der Waals surface area contributed by atoms with Crippen LogP contribution in [0.4, 0.5) is 0 Å². The molecule has 0 saturated heterocycles. The van der Waals surface area contributed by atoms with Gasteiger partial charge in [-0.1, -0.05) is 40.7 Å². The van der Waals surface area contributed by atoms with Crippen molar-refractivity contribution in [3.8, 4) is 11.5 Å². The van der Waals surface area contributed by atoms with Gasteiger partial charge in [-0.05, 0) is 36.4 Å². The van der Waals surface area contributed by atoms with Crippen molar-refractivity contribution in [2.24, 2.45) is 15.8 Å². The maximum atomic E-state index is 12.0. The van der Waals surface area contributed by atoms with Crippen LogP contribution in [-0.2, 0) is 39.9 Å². The van der Waals surface area contributed by atoms with Gasteiger partial charge in [0.1, 0.15) is 5.75 Å². The van der Waals surface area contributed by atoms with Crippen molar-refractivity contribution in [1.82, 2.24) is 4.57 Å². The molecule has 0 aliphatic heterocycles. The van der Waals surface area contributed by atoms with E-state index in [1.165, 1.54) is 24.6 Å². The van der Waals surface area contributed by atoms with Crippen LogP contribution in [0.1, 0.15) is 11.4 Å². The van der Waals surface area contributed by atoms with Gasteiger partial charge in [0.15, 0.2) is 18.0 Å². The third-order valence-electron chi connectivity index (χ3n) is 3.62. The van der Waals surface area contributed by atoms with Crippen molar-refractivity contribution >= 4 is 55.2 Å². The Morgan fingerprint density at radius 1 is 0.909 bits per heavy atom. The summed E-state index contributed by atoms with van der Waals surface area (Å²) >= 11 is 0.858. The van der Waals surface area contributed by atoms with Gasteiger partial charge in [0.25, 0.3) is 0 Å². The van der Waals surface area contributed by atoms with Gasteiger partial charge < -0.3 is 13.6 Å². The van der Waals surface area contributed by atoms with E-state index in [0.29, 0.717) is 29.4 Å². The van der Waals surface area contributed by atoms with E-state index < -0.39 is 10.3 Å². The standard InChI is InChI=1S/C19H17N3O6S2.2ClH.Fe/c1-22-16(14-20-29-28-27-25-18-8-4-2-5-9-18)12-13-17(22)15-21-30(23,24)26-19-10-6-3-7-11-19;;;/h2-15H,1H3;2*1H;/q;;;+2/p-2/b20-14+,21-15+;;;. The molecular weight excluding hydrogens is 557 g/mol. The normalized spacial score (nSPS) is 11.5. The average molecular weight is 574 g/mol. The Morgan fingerprint density at radius 2 is 1.45 bits per heavy atom. The SMILES string of the molecule is Cn1c(/C=N/SOOOc2ccccc2)ccc1/C=N/S(=O)(=O)Oc1ccccc1.[Cl][Fe][Cl]. The van der Waals surface area contributed by atoms with Crippen LogP contribution in [-0.4, -0.2) is 25.4 Å². The van der Waals surface area contributed by atoms with E-state index in [1.54, 1.807) is 66.2 Å². The van der Waals surface area contributed by atoms with Crippen molar-refractivity contribution in [3.05, 3.63) is 84.2 Å². The van der Waals surface area contributed by atoms with E-state index in [1.807, 2.05) is 6.07 Å². The molecule has 0 N–H and O–H groups in total. The Morgan fingerprint density at radius 3 is 2.06 bits per heavy atom. The maximum absolute atomic E-state index is 12.0. The van der Waals surface area contributed by atoms with Gasteiger partial charge in [0, 0.05) is 12.1 Å². The second kappa shape index (κ2) is 15.0. The van der Waals surface area contributed by atoms with Crippen molar-refractivity contribution in [3.63, 3.8) is 0 Å². The summed E-state index contributed by atoms with van der Waals surface area (Å²) in [6.07, 6.45) is 2.69. The first kappa shape index (κ1) is 27.2. The molecule has 1 aromatic heterocycles. The van der Waals surface area contributed by atoms with Gasteiger partial charge >= 0.3 is 43.6 Å². The van der Waals surface area contributed by atoms with E-state index in [0.717, 1.165) is 0 Å². The van der Waals surface area contributed by atoms with Gasteiger partial charge in [0.2, 0.25) is 0 Å². The van der Waals surface area contributed by atoms with E-state index in [4.69, 9.17) is 33.6 Å². The molecule has 178 valence electrons. The summed E-state index contributed by atoms with van der Waals surface area (Å²) in [6, 6.07) is 20.4. The molecule has 3 rings (SSSR count). The minimum atomic E-state index is -4.12. The molecule has 0 fully saturated rings. The van der Waals surface area contributed by atoms with E-state index in [-0.39, 0.29) is 18.9 Å². The third-order valence-corrected chi connectivity index (χ3v) is 4.69. The number of benzene rings is 2. The van der Waals surface area contributed by atoms with Crippen LogP contribution in [0.15, 0.2) is 81.6 Å². The van der Waals surface area contributed by atoms with Crippen LogP contribution in [0.5, 0.6) is 11.5 Å². The Kier molecular flexibility index (Phi) is 12.4. The number of halogens is 2. The summed E-state index contributed by atoms with van der Waals surface area (Å²) in [6.45, 7) is 0. The van der Waals surface area contributed by atoms with Crippen molar-refractivity contribution in [2.45, 2.75) is 0 Å². The topological polar surface area (TPSA) is 101 Å². The molecule has 9 nitrogen and oxygen atoms in total. The molecule has 3 aromatic rings. The van der Waals surface area contributed by atoms with Gasteiger partial charge in [-0.25, -0.2) is 0 Å². The Bertz CT molecular complexity index is 1130. The van der Waals surface area contributed by atoms with E-state index in [2.05, 4.69) is 13.8 Å². The molecule has 33 heavy (non-hydrogen) atoms. The number of hydrogen-bond donors (Lipinski definition) is 0. The average Bonchev–Trinajstić information content (AvgIpc) is 3.16. The van der Waals surface area contributed by atoms with Gasteiger partial charge in [-0.15, -0.1) is 4.40 Å². The monoisotopic (exact) mass is 573 g/mol. The second-order valence-corrected chi connectivity index (χ2v) is 9.25. The van der Waals surface area contributed by atoms with Gasteiger partial charge in [-0.2, -0.15) is 12.8 Å². The number of hydrogen-bond acceptors (Lipinski definition) is 8. The molecule has 14 heteroatoms. The summed E-state index contributed by atoms with van der Waals surface area (Å²) in [5.41, 5.74) is 1.21. The Hall–Kier alpha value is -2.02. The molecule has 0 atom stereocenters. The van der Waals surface area contributed by atoms with Crippen LogP contribution in [0, 0.1) is 0 Å². The van der Waals surface area contributed by atoms with Crippen LogP contribution in [0.3, 0.4) is 0 Å². The van der Waals surface area contributed by atoms with Crippen LogP contribution in [0.2, 0.25) is 0 Å². The molecule has 0 amide bonds. The number of nitrogens with zero attached hydrogens (tertiary/aromatic N) is 3. The summed E-state index contributed by atoms with van der Waals surface area (Å²) in [5, 5.41) is 4.56. The van der Waals surface area contributed by atoms with Gasteiger partial charge in [0.05, 0.1) is 23.8 Å². The van der Waals surface area contributed by atoms with Crippen molar-refractivity contribution < 1.29 is 40.0 Å². The van der Waals surface area contributed by atoms with Crippen LogP contribution >= 0.6 is 32.4 Å². The first-order valence-corrected chi connectivity index (χ1v) is 13.9. The quantitative estimate of drug-likeness (QED) is 0.0634. The summed E-state index contributed by atoms with van der Waals surface area (Å²) in [5.74, 6) is 0.671. The summed E-state index contributed by atoms with van der Waals surface area (Å²) < 4.78 is 42.7. The zero-order valence-electron chi connectivity index (χ0n) is 16.8. The molecule has 0 radical (unpaired) electrons. The Labute approximate surface area is 210 Å². The molecule has 1 heterocycles. The molecule has 0 bridgehead atoms. The van der Waals surface area contributed by atoms with Crippen LogP contribution < -0.4 is 9.07 Å². The van der Waals surface area contributed by atoms with E-state index in [9.17, 15) is 8.42 Å². The Balaban J connectivity index is 0.00000122. The molecule has 2 aromatic carbocycles. The molecule has 0 saturated carbocycles. The predicted octanol–water partition coefficient (Wildman–Crippen LogP) is 5.07. The zero-order chi connectivity index (χ0) is 23.9. The first-order valence-electron chi connectivity index (χ1n) is 8.76. The molecule has 0 aliphatic rings. The summed E-state index contributed by atoms with van der Waals surface area (Å²) in [7, 11) is 7.14. The number of rotatable bonds is 10. The van der Waals surface area contributed by atoms with E-state index >= 15 is 0 Å². The molecule has 0 spiro atoms. The second-order valence-electron chi connectivity index (χ2n) is 5.69. The molecular formula is C19H17Cl2FeN3O6S2. The molecule has 0 aliphatic carbocycles. The number of aromatic nitrogens is 1. The molecule has 0 unspecified atom stereocenters. The minimum absolute atomic E-state index is 0.185. The fourth-order valence-electron chi connectivity index (χ4n) is 2.18. The fourth-order valence-corrected chi connectivity index (χ4v) is 3.05. The van der Waals surface area contributed by atoms with Crippen LogP contribution in [0.25, 0.3) is 0 Å². The third kappa shape index (κ3) is 10.6. The number of para-hydroxylation sites is 2. The van der Waals surface area contributed by atoms with Gasteiger partial charge in [-0.3, -0.25) is 0 Å². The fraction of sp³-hybridized carbons (Fsp3) is 0.0526. The van der Waals surface area contributed by atoms with Crippen molar-refractivity contribution in [1.29, 1.82) is 0 Å². The summed E-state index contributed by atoms with van der Waals surface area (Å²) in [4.78, 5) is 4.88. The zero-order valence-corrected chi connectivity index (χ0v) is 21.0. The predicted molar refractivity (Wildman–Crippen MR) is 125 cm³/mol.